The van der Waals surface area contributed by atoms with Gasteiger partial charge in [0.05, 0.1) is 5.60 Å². The molecule has 0 radical (unpaired) electrons. The lowest BCUT2D eigenvalue weighted by atomic mass is 9.79. The summed E-state index contributed by atoms with van der Waals surface area (Å²) in [5.74, 6) is 0.912. The Morgan fingerprint density at radius 2 is 2.11 bits per heavy atom. The normalized spacial score (nSPS) is 24.9. The van der Waals surface area contributed by atoms with Gasteiger partial charge in [-0.3, -0.25) is 4.79 Å². The van der Waals surface area contributed by atoms with Crippen LogP contribution in [0, 0.1) is 11.8 Å². The fraction of sp³-hybridized carbons (Fsp3) is 0.929. The fourth-order valence-electron chi connectivity index (χ4n) is 2.98. The molecular formula is C14H28N2O2. The molecule has 0 spiro atoms. The van der Waals surface area contributed by atoms with E-state index in [0.717, 1.165) is 25.7 Å². The fourth-order valence-corrected chi connectivity index (χ4v) is 2.98. The highest BCUT2D eigenvalue weighted by Crippen LogP contribution is 2.32. The van der Waals surface area contributed by atoms with E-state index in [1.165, 1.54) is 6.42 Å². The third-order valence-corrected chi connectivity index (χ3v) is 3.71. The van der Waals surface area contributed by atoms with E-state index in [2.05, 4.69) is 0 Å². The van der Waals surface area contributed by atoms with Crippen LogP contribution in [0.25, 0.3) is 0 Å². The molecule has 1 aliphatic rings. The highest BCUT2D eigenvalue weighted by Gasteiger charge is 2.30. The Morgan fingerprint density at radius 1 is 1.44 bits per heavy atom. The maximum absolute atomic E-state index is 12.3. The van der Waals surface area contributed by atoms with E-state index in [1.54, 1.807) is 25.8 Å². The van der Waals surface area contributed by atoms with Crippen molar-refractivity contribution in [3.8, 4) is 0 Å². The van der Waals surface area contributed by atoms with Gasteiger partial charge in [-0.05, 0) is 45.6 Å². The van der Waals surface area contributed by atoms with Crippen molar-refractivity contribution in [3.05, 3.63) is 0 Å². The van der Waals surface area contributed by atoms with Crippen molar-refractivity contribution in [3.63, 3.8) is 0 Å². The molecule has 3 N–H and O–H groups in total. The Kier molecular flexibility index (Phi) is 5.60. The van der Waals surface area contributed by atoms with E-state index in [0.29, 0.717) is 19.0 Å². The number of hydrogen-bond acceptors (Lipinski definition) is 3. The molecule has 4 heteroatoms. The molecule has 0 heterocycles. The first-order chi connectivity index (χ1) is 8.33. The zero-order chi connectivity index (χ0) is 13.8. The van der Waals surface area contributed by atoms with Gasteiger partial charge in [0, 0.05) is 19.5 Å². The van der Waals surface area contributed by atoms with Gasteiger partial charge in [-0.2, -0.15) is 0 Å². The number of aliphatic hydroxyl groups is 1. The van der Waals surface area contributed by atoms with E-state index < -0.39 is 5.60 Å². The summed E-state index contributed by atoms with van der Waals surface area (Å²) in [6.07, 6.45) is 5.30. The predicted molar refractivity (Wildman–Crippen MR) is 73.1 cm³/mol. The zero-order valence-corrected chi connectivity index (χ0v) is 12.0. The standard InChI is InChI=1S/C14H28N2O2/c1-14(2,18)10-16(3)13(17)12-6-4-5-11(9-12)7-8-15/h11-12,18H,4-10,15H2,1-3H3. The first kappa shape index (κ1) is 15.4. The summed E-state index contributed by atoms with van der Waals surface area (Å²) in [5.41, 5.74) is 4.77. The number of carbonyl (C=O) groups is 1. The van der Waals surface area contributed by atoms with Gasteiger partial charge in [-0.25, -0.2) is 0 Å². The van der Waals surface area contributed by atoms with Gasteiger partial charge < -0.3 is 15.7 Å². The summed E-state index contributed by atoms with van der Waals surface area (Å²) in [6, 6.07) is 0. The molecule has 0 saturated heterocycles. The predicted octanol–water partition coefficient (Wildman–Crippen LogP) is 1.37. The van der Waals surface area contributed by atoms with E-state index in [9.17, 15) is 9.90 Å². The van der Waals surface area contributed by atoms with Crippen LogP contribution in [0.2, 0.25) is 0 Å². The number of nitrogens with zero attached hydrogens (tertiary/aromatic N) is 1. The molecule has 2 unspecified atom stereocenters. The van der Waals surface area contributed by atoms with Crippen molar-refractivity contribution in [1.82, 2.24) is 4.90 Å². The lowest BCUT2D eigenvalue weighted by molar-refractivity contribution is -0.138. The largest absolute Gasteiger partial charge is 0.389 e. The average Bonchev–Trinajstić information content (AvgIpc) is 2.26. The zero-order valence-electron chi connectivity index (χ0n) is 12.0. The van der Waals surface area contributed by atoms with Gasteiger partial charge in [-0.15, -0.1) is 0 Å². The second-order valence-electron chi connectivity index (χ2n) is 6.31. The molecule has 1 saturated carbocycles. The molecule has 1 rings (SSSR count). The van der Waals surface area contributed by atoms with Crippen LogP contribution in [0.15, 0.2) is 0 Å². The van der Waals surface area contributed by atoms with Crippen molar-refractivity contribution < 1.29 is 9.90 Å². The molecule has 0 aromatic heterocycles. The minimum absolute atomic E-state index is 0.127. The highest BCUT2D eigenvalue weighted by atomic mass is 16.3. The smallest absolute Gasteiger partial charge is 0.225 e. The van der Waals surface area contributed by atoms with Crippen molar-refractivity contribution in [2.24, 2.45) is 17.6 Å². The van der Waals surface area contributed by atoms with E-state index in [-0.39, 0.29) is 11.8 Å². The number of amides is 1. The SMILES string of the molecule is CN(CC(C)(C)O)C(=O)C1CCCC(CCN)C1. The first-order valence-corrected chi connectivity index (χ1v) is 7.01. The van der Waals surface area contributed by atoms with Crippen LogP contribution in [-0.4, -0.2) is 41.7 Å². The lowest BCUT2D eigenvalue weighted by Gasteiger charge is -2.33. The number of hydrogen-bond donors (Lipinski definition) is 2. The van der Waals surface area contributed by atoms with Crippen LogP contribution in [0.5, 0.6) is 0 Å². The quantitative estimate of drug-likeness (QED) is 0.781. The van der Waals surface area contributed by atoms with Gasteiger partial charge in [0.2, 0.25) is 5.91 Å². The summed E-state index contributed by atoms with van der Waals surface area (Å²) < 4.78 is 0. The van der Waals surface area contributed by atoms with E-state index in [1.807, 2.05) is 0 Å². The molecule has 106 valence electrons. The van der Waals surface area contributed by atoms with E-state index >= 15 is 0 Å². The van der Waals surface area contributed by atoms with Crippen molar-refractivity contribution >= 4 is 5.91 Å². The Morgan fingerprint density at radius 3 is 2.67 bits per heavy atom. The number of nitrogens with two attached hydrogens (primary N) is 1. The highest BCUT2D eigenvalue weighted by molar-refractivity contribution is 5.78. The van der Waals surface area contributed by atoms with Crippen LogP contribution < -0.4 is 5.73 Å². The number of likely N-dealkylation sites (N-methyl/N-ethyl adjacent to an activating group) is 1. The van der Waals surface area contributed by atoms with Crippen molar-refractivity contribution in [1.29, 1.82) is 0 Å². The Balaban J connectivity index is 2.50. The summed E-state index contributed by atoms with van der Waals surface area (Å²) in [4.78, 5) is 14.0. The van der Waals surface area contributed by atoms with Crippen LogP contribution in [-0.2, 0) is 4.79 Å². The molecule has 0 bridgehead atoms. The minimum atomic E-state index is -0.824. The van der Waals surface area contributed by atoms with Crippen molar-refractivity contribution in [2.75, 3.05) is 20.1 Å². The Labute approximate surface area is 111 Å². The van der Waals surface area contributed by atoms with Crippen LogP contribution in [0.4, 0.5) is 0 Å². The molecule has 2 atom stereocenters. The maximum atomic E-state index is 12.3. The van der Waals surface area contributed by atoms with Crippen LogP contribution in [0.3, 0.4) is 0 Å². The second-order valence-corrected chi connectivity index (χ2v) is 6.31. The van der Waals surface area contributed by atoms with Crippen molar-refractivity contribution in [2.45, 2.75) is 51.6 Å². The third kappa shape index (κ3) is 4.94. The van der Waals surface area contributed by atoms with Gasteiger partial charge in [0.25, 0.3) is 0 Å². The van der Waals surface area contributed by atoms with E-state index in [4.69, 9.17) is 5.73 Å². The maximum Gasteiger partial charge on any atom is 0.225 e. The van der Waals surface area contributed by atoms with Gasteiger partial charge in [0.1, 0.15) is 0 Å². The summed E-state index contributed by atoms with van der Waals surface area (Å²) >= 11 is 0. The summed E-state index contributed by atoms with van der Waals surface area (Å²) in [6.45, 7) is 4.57. The molecule has 0 aromatic carbocycles. The van der Waals surface area contributed by atoms with Crippen LogP contribution in [0.1, 0.15) is 46.0 Å². The number of carbonyl (C=O) groups excluding carboxylic acids is 1. The second kappa shape index (κ2) is 6.53. The average molecular weight is 256 g/mol. The molecule has 0 aromatic rings. The molecule has 1 aliphatic carbocycles. The summed E-state index contributed by atoms with van der Waals surface area (Å²) in [5, 5.41) is 9.76. The van der Waals surface area contributed by atoms with Gasteiger partial charge in [-0.1, -0.05) is 12.8 Å². The molecule has 18 heavy (non-hydrogen) atoms. The molecule has 4 nitrogen and oxygen atoms in total. The Bertz CT molecular complexity index is 271. The minimum Gasteiger partial charge on any atom is -0.389 e. The molecule has 0 aliphatic heterocycles. The lowest BCUT2D eigenvalue weighted by Crippen LogP contribution is -2.43. The van der Waals surface area contributed by atoms with Gasteiger partial charge >= 0.3 is 0 Å². The molecular weight excluding hydrogens is 228 g/mol. The molecule has 1 fully saturated rings. The Hall–Kier alpha value is -0.610. The third-order valence-electron chi connectivity index (χ3n) is 3.71. The van der Waals surface area contributed by atoms with Gasteiger partial charge in [0.15, 0.2) is 0 Å². The van der Waals surface area contributed by atoms with Crippen LogP contribution >= 0.6 is 0 Å². The topological polar surface area (TPSA) is 66.6 Å². The monoisotopic (exact) mass is 256 g/mol. The first-order valence-electron chi connectivity index (χ1n) is 7.01. The molecule has 1 amide bonds. The number of rotatable bonds is 5. The summed E-state index contributed by atoms with van der Waals surface area (Å²) in [7, 11) is 1.78.